The number of methoxy groups -OCH3 is 2. The number of hydrogen-bond donors (Lipinski definition) is 1. The summed E-state index contributed by atoms with van der Waals surface area (Å²) in [7, 11) is 4.68. The number of benzene rings is 2. The van der Waals surface area contributed by atoms with E-state index in [1.54, 1.807) is 56.4 Å². The van der Waals surface area contributed by atoms with Crippen LogP contribution >= 0.6 is 11.6 Å². The molecule has 0 spiro atoms. The Hall–Kier alpha value is -3.76. The van der Waals surface area contributed by atoms with E-state index >= 15 is 0 Å². The number of esters is 1. The van der Waals surface area contributed by atoms with Crippen LogP contribution in [0.25, 0.3) is 0 Å². The van der Waals surface area contributed by atoms with Crippen molar-refractivity contribution in [3.8, 4) is 11.5 Å². The summed E-state index contributed by atoms with van der Waals surface area (Å²) in [5, 5.41) is 3.51. The summed E-state index contributed by atoms with van der Waals surface area (Å²) >= 11 is 5.98. The second-order valence-corrected chi connectivity index (χ2v) is 9.97. The van der Waals surface area contributed by atoms with E-state index in [2.05, 4.69) is 10.2 Å². The molecule has 1 N–H and O–H groups in total. The van der Waals surface area contributed by atoms with Crippen molar-refractivity contribution in [3.05, 3.63) is 69.9 Å². The Morgan fingerprint density at radius 1 is 1.02 bits per heavy atom. The van der Waals surface area contributed by atoms with Crippen molar-refractivity contribution in [2.24, 2.45) is 0 Å². The van der Waals surface area contributed by atoms with Gasteiger partial charge in [-0.25, -0.2) is 9.59 Å². The molecule has 2 aliphatic rings. The summed E-state index contributed by atoms with van der Waals surface area (Å²) in [5.74, 6) is 0.334. The third kappa shape index (κ3) is 6.18. The number of nitrogens with one attached hydrogen (secondary N) is 1. The zero-order valence-corrected chi connectivity index (χ0v) is 24.0. The molecule has 0 aliphatic carbocycles. The Morgan fingerprint density at radius 3 is 2.45 bits per heavy atom. The number of rotatable bonds is 8. The summed E-state index contributed by atoms with van der Waals surface area (Å²) in [6.45, 7) is 4.61. The maximum Gasteiger partial charge on any atom is 0.338 e. The summed E-state index contributed by atoms with van der Waals surface area (Å²) in [6.07, 6.45) is 0.740. The fraction of sp³-hybridized carbons (Fsp3) is 0.414. The molecule has 0 aromatic heterocycles. The summed E-state index contributed by atoms with van der Waals surface area (Å²) in [4.78, 5) is 45.1. The minimum atomic E-state index is -0.808. The second-order valence-electron chi connectivity index (χ2n) is 9.53. The highest BCUT2D eigenvalue weighted by Crippen LogP contribution is 2.40. The van der Waals surface area contributed by atoms with Crippen LogP contribution in [0.15, 0.2) is 53.7 Å². The molecule has 11 heteroatoms. The molecule has 1 unspecified atom stereocenters. The van der Waals surface area contributed by atoms with Gasteiger partial charge in [-0.2, -0.15) is 0 Å². The van der Waals surface area contributed by atoms with Gasteiger partial charge >= 0.3 is 12.0 Å². The van der Waals surface area contributed by atoms with Crippen LogP contribution < -0.4 is 14.8 Å². The number of urea groups is 1. The lowest BCUT2D eigenvalue weighted by Crippen LogP contribution is -2.49. The summed E-state index contributed by atoms with van der Waals surface area (Å²) in [5.41, 5.74) is 2.03. The number of ether oxygens (including phenoxy) is 3. The quantitative estimate of drug-likeness (QED) is 0.483. The molecule has 0 saturated carbocycles. The minimum absolute atomic E-state index is 0.0516. The standard InChI is InChI=1S/C29H35ClN4O6/c1-5-40-28(36)24-22(32(2)29(37)31-25(24)21-8-6-9-23(38-3)26(21)39-4)18-33-14-7-15-34(17-16-33)27(35)19-10-12-20(30)13-11-19/h6,8-13,25H,5,7,14-18H2,1-4H3,(H,31,37). The molecule has 1 atom stereocenters. The van der Waals surface area contributed by atoms with E-state index in [0.717, 1.165) is 6.42 Å². The molecule has 10 nitrogen and oxygen atoms in total. The van der Waals surface area contributed by atoms with Gasteiger partial charge in [0.1, 0.15) is 0 Å². The van der Waals surface area contributed by atoms with Gasteiger partial charge in [0.15, 0.2) is 11.5 Å². The van der Waals surface area contributed by atoms with Gasteiger partial charge < -0.3 is 24.4 Å². The van der Waals surface area contributed by atoms with Crippen LogP contribution in [0.2, 0.25) is 5.02 Å². The second kappa shape index (κ2) is 13.1. The Morgan fingerprint density at radius 2 is 1.77 bits per heavy atom. The van der Waals surface area contributed by atoms with Crippen LogP contribution in [0.1, 0.15) is 35.3 Å². The summed E-state index contributed by atoms with van der Waals surface area (Å²) in [6, 6.07) is 11.0. The predicted molar refractivity (Wildman–Crippen MR) is 151 cm³/mol. The monoisotopic (exact) mass is 570 g/mol. The molecule has 40 heavy (non-hydrogen) atoms. The molecule has 1 fully saturated rings. The fourth-order valence-corrected chi connectivity index (χ4v) is 5.22. The smallest absolute Gasteiger partial charge is 0.338 e. The van der Waals surface area contributed by atoms with E-state index in [1.807, 2.05) is 4.90 Å². The van der Waals surface area contributed by atoms with Crippen LogP contribution in [0, 0.1) is 0 Å². The van der Waals surface area contributed by atoms with E-state index < -0.39 is 12.0 Å². The first kappa shape index (κ1) is 29.2. The highest BCUT2D eigenvalue weighted by atomic mass is 35.5. The van der Waals surface area contributed by atoms with Gasteiger partial charge in [0.05, 0.1) is 32.4 Å². The third-order valence-electron chi connectivity index (χ3n) is 7.16. The number of likely N-dealkylation sites (N-methyl/N-ethyl adjacent to an activating group) is 1. The average molecular weight is 571 g/mol. The molecule has 2 aromatic carbocycles. The maximum atomic E-state index is 13.4. The van der Waals surface area contributed by atoms with Gasteiger partial charge in [-0.15, -0.1) is 0 Å². The van der Waals surface area contributed by atoms with Crippen LogP contribution in [0.4, 0.5) is 4.79 Å². The highest BCUT2D eigenvalue weighted by Gasteiger charge is 2.39. The number of carbonyl (C=O) groups is 3. The Bertz CT molecular complexity index is 1280. The van der Waals surface area contributed by atoms with Crippen molar-refractivity contribution >= 4 is 29.5 Å². The highest BCUT2D eigenvalue weighted by molar-refractivity contribution is 6.30. The molecule has 0 radical (unpaired) electrons. The number of hydrogen-bond acceptors (Lipinski definition) is 7. The van der Waals surface area contributed by atoms with Gasteiger partial charge in [0, 0.05) is 61.6 Å². The van der Waals surface area contributed by atoms with Gasteiger partial charge in [0.25, 0.3) is 5.91 Å². The van der Waals surface area contributed by atoms with Crippen molar-refractivity contribution < 1.29 is 28.6 Å². The summed E-state index contributed by atoms with van der Waals surface area (Å²) < 4.78 is 16.6. The van der Waals surface area contributed by atoms with Gasteiger partial charge in [0.2, 0.25) is 0 Å². The Kier molecular flexibility index (Phi) is 9.54. The lowest BCUT2D eigenvalue weighted by molar-refractivity contribution is -0.139. The van der Waals surface area contributed by atoms with E-state index in [9.17, 15) is 14.4 Å². The molecule has 1 saturated heterocycles. The fourth-order valence-electron chi connectivity index (χ4n) is 5.09. The van der Waals surface area contributed by atoms with Crippen LogP contribution in [-0.4, -0.2) is 93.2 Å². The van der Waals surface area contributed by atoms with Crippen LogP contribution in [0.3, 0.4) is 0 Å². The number of para-hydroxylation sites is 1. The first-order chi connectivity index (χ1) is 19.3. The molecule has 3 amide bonds. The van der Waals surface area contributed by atoms with Crippen LogP contribution in [-0.2, 0) is 9.53 Å². The molecule has 2 heterocycles. The predicted octanol–water partition coefficient (Wildman–Crippen LogP) is 3.72. The van der Waals surface area contributed by atoms with E-state index in [-0.39, 0.29) is 18.5 Å². The lowest BCUT2D eigenvalue weighted by Gasteiger charge is -2.37. The molecule has 2 aliphatic heterocycles. The Labute approximate surface area is 239 Å². The number of carbonyl (C=O) groups excluding carboxylic acids is 3. The number of halogens is 1. The van der Waals surface area contributed by atoms with E-state index in [0.29, 0.717) is 71.6 Å². The Balaban J connectivity index is 1.64. The molecule has 0 bridgehead atoms. The first-order valence-corrected chi connectivity index (χ1v) is 13.6. The average Bonchev–Trinajstić information content (AvgIpc) is 3.20. The molecular weight excluding hydrogens is 536 g/mol. The zero-order chi connectivity index (χ0) is 28.8. The minimum Gasteiger partial charge on any atom is -0.493 e. The normalized spacial score (nSPS) is 18.2. The first-order valence-electron chi connectivity index (χ1n) is 13.2. The van der Waals surface area contributed by atoms with Gasteiger partial charge in [-0.3, -0.25) is 14.6 Å². The van der Waals surface area contributed by atoms with Crippen molar-refractivity contribution in [3.63, 3.8) is 0 Å². The number of nitrogens with zero attached hydrogens (tertiary/aromatic N) is 3. The molecule has 214 valence electrons. The number of amides is 3. The van der Waals surface area contributed by atoms with Crippen molar-refractivity contribution in [1.82, 2.24) is 20.0 Å². The molecule has 4 rings (SSSR count). The van der Waals surface area contributed by atoms with E-state index in [4.69, 9.17) is 25.8 Å². The van der Waals surface area contributed by atoms with Crippen molar-refractivity contribution in [1.29, 1.82) is 0 Å². The van der Waals surface area contributed by atoms with Gasteiger partial charge in [-0.05, 0) is 43.7 Å². The van der Waals surface area contributed by atoms with Gasteiger partial charge in [-0.1, -0.05) is 23.7 Å². The van der Waals surface area contributed by atoms with E-state index in [1.165, 1.54) is 19.1 Å². The van der Waals surface area contributed by atoms with Crippen molar-refractivity contribution in [2.45, 2.75) is 19.4 Å². The third-order valence-corrected chi connectivity index (χ3v) is 7.41. The SMILES string of the molecule is CCOC(=O)C1=C(CN2CCCN(C(=O)c3ccc(Cl)cc3)CC2)N(C)C(=O)NC1c1cccc(OC)c1OC. The topological polar surface area (TPSA) is 101 Å². The molecular formula is C29H35ClN4O6. The lowest BCUT2D eigenvalue weighted by atomic mass is 9.93. The molecule has 2 aromatic rings. The van der Waals surface area contributed by atoms with Crippen LogP contribution in [0.5, 0.6) is 11.5 Å². The van der Waals surface area contributed by atoms with Crippen molar-refractivity contribution in [2.75, 3.05) is 60.6 Å². The zero-order valence-electron chi connectivity index (χ0n) is 23.2. The maximum absolute atomic E-state index is 13.4. The largest absolute Gasteiger partial charge is 0.493 e.